The molecule has 0 aliphatic heterocycles. The summed E-state index contributed by atoms with van der Waals surface area (Å²) in [5, 5.41) is 16.1. The van der Waals surface area contributed by atoms with Gasteiger partial charge in [-0.15, -0.1) is 0 Å². The second kappa shape index (κ2) is 12.8. The fourth-order valence-electron chi connectivity index (χ4n) is 4.24. The average molecular weight is 553 g/mol. The summed E-state index contributed by atoms with van der Waals surface area (Å²) < 4.78 is 7.14. The molecule has 2 N–H and O–H groups in total. The zero-order valence-electron chi connectivity index (χ0n) is 23.5. The molecule has 4 rings (SSSR count). The van der Waals surface area contributed by atoms with E-state index in [9.17, 15) is 14.9 Å². The van der Waals surface area contributed by atoms with Crippen LogP contribution in [0.2, 0.25) is 0 Å². The molecule has 1 amide bonds. The number of amides is 1. The van der Waals surface area contributed by atoms with Crippen LogP contribution in [0.25, 0.3) is 11.0 Å². The summed E-state index contributed by atoms with van der Waals surface area (Å²) in [6.07, 6.45) is 2.76. The quantitative estimate of drug-likeness (QED) is 0.268. The number of benzene rings is 2. The lowest BCUT2D eigenvalue weighted by Crippen LogP contribution is -2.29. The first kappa shape index (κ1) is 28.8. The molecule has 0 fully saturated rings. The Balaban J connectivity index is 1.78. The molecule has 4 aromatic rings. The monoisotopic (exact) mass is 552 g/mol. The molecule has 11 heteroatoms. The van der Waals surface area contributed by atoms with E-state index in [1.807, 2.05) is 68.5 Å². The van der Waals surface area contributed by atoms with Crippen molar-refractivity contribution in [1.29, 1.82) is 5.26 Å². The Morgan fingerprint density at radius 1 is 1.15 bits per heavy atom. The standard InChI is InChI=1S/C30H32N8O3/c1-6-27(39)33-23-15-24(26(41-5)16-25(23)37(4)13-12-36(2)3)34-30-32-18-22-14-21(17-31)29(40)38(28(22)35-30)19-20-10-8-7-9-11-20/h6-11,14-16,18H,1,12-13,19H2,2-5H3,(H,33,39)(H,32,34,35). The molecule has 0 aliphatic carbocycles. The smallest absolute Gasteiger partial charge is 0.270 e. The van der Waals surface area contributed by atoms with Gasteiger partial charge in [0.1, 0.15) is 23.0 Å². The Hall–Kier alpha value is -5.21. The van der Waals surface area contributed by atoms with E-state index in [0.29, 0.717) is 34.7 Å². The van der Waals surface area contributed by atoms with Crippen molar-refractivity contribution in [3.05, 3.63) is 88.9 Å². The highest BCUT2D eigenvalue weighted by atomic mass is 16.5. The van der Waals surface area contributed by atoms with Crippen molar-refractivity contribution in [2.45, 2.75) is 6.54 Å². The number of likely N-dealkylation sites (N-methyl/N-ethyl adjacent to an activating group) is 2. The Bertz CT molecular complexity index is 1680. The van der Waals surface area contributed by atoms with Gasteiger partial charge in [-0.1, -0.05) is 36.9 Å². The summed E-state index contributed by atoms with van der Waals surface area (Å²) >= 11 is 0. The Labute approximate surface area is 238 Å². The molecule has 2 heterocycles. The first-order valence-electron chi connectivity index (χ1n) is 12.9. The highest BCUT2D eigenvalue weighted by Gasteiger charge is 2.18. The minimum Gasteiger partial charge on any atom is -0.494 e. The second-order valence-corrected chi connectivity index (χ2v) is 9.63. The zero-order chi connectivity index (χ0) is 29.5. The zero-order valence-corrected chi connectivity index (χ0v) is 23.5. The van der Waals surface area contributed by atoms with Gasteiger partial charge in [0, 0.05) is 37.8 Å². The van der Waals surface area contributed by atoms with E-state index in [1.165, 1.54) is 16.7 Å². The van der Waals surface area contributed by atoms with Crippen molar-refractivity contribution in [2.24, 2.45) is 0 Å². The van der Waals surface area contributed by atoms with E-state index in [0.717, 1.165) is 17.8 Å². The van der Waals surface area contributed by atoms with Crippen molar-refractivity contribution >= 4 is 40.0 Å². The molecule has 0 bridgehead atoms. The van der Waals surface area contributed by atoms with Gasteiger partial charge in [-0.05, 0) is 37.9 Å². The lowest BCUT2D eigenvalue weighted by Gasteiger charge is -2.26. The fraction of sp³-hybridized carbons (Fsp3) is 0.233. The van der Waals surface area contributed by atoms with Crippen molar-refractivity contribution in [3.8, 4) is 11.8 Å². The summed E-state index contributed by atoms with van der Waals surface area (Å²) in [6.45, 7) is 5.30. The summed E-state index contributed by atoms with van der Waals surface area (Å²) in [5.74, 6) is 0.346. The minimum atomic E-state index is -0.439. The Morgan fingerprint density at radius 2 is 1.90 bits per heavy atom. The number of carbonyl (C=O) groups is 1. The van der Waals surface area contributed by atoms with Gasteiger partial charge in [-0.25, -0.2) is 4.98 Å². The molecular formula is C30H32N8O3. The van der Waals surface area contributed by atoms with Gasteiger partial charge in [0.25, 0.3) is 5.56 Å². The third-order valence-electron chi connectivity index (χ3n) is 6.43. The first-order valence-corrected chi connectivity index (χ1v) is 12.9. The van der Waals surface area contributed by atoms with E-state index in [-0.39, 0.29) is 24.0 Å². The fourth-order valence-corrected chi connectivity index (χ4v) is 4.24. The van der Waals surface area contributed by atoms with Crippen molar-refractivity contribution in [2.75, 3.05) is 56.9 Å². The number of hydrogen-bond donors (Lipinski definition) is 2. The van der Waals surface area contributed by atoms with Gasteiger partial charge < -0.3 is 25.2 Å². The Kier molecular flexibility index (Phi) is 8.96. The summed E-state index contributed by atoms with van der Waals surface area (Å²) in [4.78, 5) is 38.6. The lowest BCUT2D eigenvalue weighted by atomic mass is 10.2. The minimum absolute atomic E-state index is 0.0102. The summed E-state index contributed by atoms with van der Waals surface area (Å²) in [5.41, 5.74) is 2.62. The van der Waals surface area contributed by atoms with Crippen molar-refractivity contribution < 1.29 is 9.53 Å². The SMILES string of the molecule is C=CC(=O)Nc1cc(Nc2ncc3cc(C#N)c(=O)n(Cc4ccccc4)c3n2)c(OC)cc1N(C)CCN(C)C. The molecule has 210 valence electrons. The number of carbonyl (C=O) groups excluding carboxylic acids is 1. The van der Waals surface area contributed by atoms with Crippen LogP contribution >= 0.6 is 0 Å². The lowest BCUT2D eigenvalue weighted by molar-refractivity contribution is -0.111. The van der Waals surface area contributed by atoms with Crippen molar-refractivity contribution in [1.82, 2.24) is 19.4 Å². The normalized spacial score (nSPS) is 10.7. The maximum absolute atomic E-state index is 13.1. The third-order valence-corrected chi connectivity index (χ3v) is 6.43. The number of ether oxygens (including phenoxy) is 1. The van der Waals surface area contributed by atoms with E-state index in [2.05, 4.69) is 32.1 Å². The van der Waals surface area contributed by atoms with Crippen molar-refractivity contribution in [3.63, 3.8) is 0 Å². The van der Waals surface area contributed by atoms with Gasteiger partial charge in [-0.3, -0.25) is 14.2 Å². The molecular weight excluding hydrogens is 520 g/mol. The largest absolute Gasteiger partial charge is 0.494 e. The number of pyridine rings is 1. The van der Waals surface area contributed by atoms with Gasteiger partial charge in [-0.2, -0.15) is 10.2 Å². The van der Waals surface area contributed by atoms with Crippen LogP contribution < -0.4 is 25.8 Å². The third kappa shape index (κ3) is 6.69. The van der Waals surface area contributed by atoms with Gasteiger partial charge in [0.2, 0.25) is 11.9 Å². The molecule has 0 saturated carbocycles. The number of fused-ring (bicyclic) bond motifs is 1. The van der Waals surface area contributed by atoms with Crippen LogP contribution in [-0.4, -0.2) is 66.7 Å². The number of aromatic nitrogens is 3. The number of nitrogens with one attached hydrogen (secondary N) is 2. The maximum atomic E-state index is 13.1. The summed E-state index contributed by atoms with van der Waals surface area (Å²) in [7, 11) is 7.47. The highest BCUT2D eigenvalue weighted by molar-refractivity contribution is 6.02. The number of methoxy groups -OCH3 is 1. The first-order chi connectivity index (χ1) is 19.7. The predicted octanol–water partition coefficient (Wildman–Crippen LogP) is 3.59. The van der Waals surface area contributed by atoms with E-state index < -0.39 is 5.56 Å². The van der Waals surface area contributed by atoms with Crippen LogP contribution in [0.3, 0.4) is 0 Å². The van der Waals surface area contributed by atoms with Crippen LogP contribution in [0.1, 0.15) is 11.1 Å². The average Bonchev–Trinajstić information content (AvgIpc) is 2.97. The highest BCUT2D eigenvalue weighted by Crippen LogP contribution is 2.38. The molecule has 11 nitrogen and oxygen atoms in total. The molecule has 2 aromatic heterocycles. The number of anilines is 4. The predicted molar refractivity (Wildman–Crippen MR) is 161 cm³/mol. The van der Waals surface area contributed by atoms with Crippen LogP contribution in [0.4, 0.5) is 23.0 Å². The number of hydrogen-bond acceptors (Lipinski definition) is 9. The second-order valence-electron chi connectivity index (χ2n) is 9.63. The molecule has 0 spiro atoms. The maximum Gasteiger partial charge on any atom is 0.270 e. The molecule has 2 aromatic carbocycles. The van der Waals surface area contributed by atoms with Crippen LogP contribution in [0.15, 0.2) is 72.2 Å². The van der Waals surface area contributed by atoms with E-state index >= 15 is 0 Å². The molecule has 0 radical (unpaired) electrons. The molecule has 0 saturated heterocycles. The van der Waals surface area contributed by atoms with E-state index in [1.54, 1.807) is 19.4 Å². The number of rotatable bonds is 11. The van der Waals surface area contributed by atoms with Crippen LogP contribution in [0.5, 0.6) is 5.75 Å². The molecule has 41 heavy (non-hydrogen) atoms. The topological polar surface area (TPSA) is 128 Å². The molecule has 0 unspecified atom stereocenters. The Morgan fingerprint density at radius 3 is 2.56 bits per heavy atom. The molecule has 0 atom stereocenters. The van der Waals surface area contributed by atoms with E-state index in [4.69, 9.17) is 4.74 Å². The van der Waals surface area contributed by atoms with Gasteiger partial charge >= 0.3 is 0 Å². The van der Waals surface area contributed by atoms with Gasteiger partial charge in [0.05, 0.1) is 30.7 Å². The van der Waals surface area contributed by atoms with Crippen LogP contribution in [-0.2, 0) is 11.3 Å². The van der Waals surface area contributed by atoms with Crippen LogP contribution in [0, 0.1) is 11.3 Å². The molecule has 0 aliphatic rings. The summed E-state index contributed by atoms with van der Waals surface area (Å²) in [6, 6.07) is 16.5. The number of nitriles is 1. The van der Waals surface area contributed by atoms with Gasteiger partial charge in [0.15, 0.2) is 0 Å². The number of nitrogens with zero attached hydrogens (tertiary/aromatic N) is 6.